The summed E-state index contributed by atoms with van der Waals surface area (Å²) in [7, 11) is 4.12. The fourth-order valence-electron chi connectivity index (χ4n) is 3.54. The third-order valence-corrected chi connectivity index (χ3v) is 5.85. The number of hydrogen-bond acceptors (Lipinski definition) is 6. The van der Waals surface area contributed by atoms with E-state index in [1.165, 1.54) is 0 Å². The van der Waals surface area contributed by atoms with Crippen molar-refractivity contribution in [3.8, 4) is 5.75 Å². The molecule has 0 aliphatic carbocycles. The monoisotopic (exact) mass is 581 g/mol. The molecule has 0 aromatic heterocycles. The summed E-state index contributed by atoms with van der Waals surface area (Å²) in [6, 6.07) is 24.8. The molecule has 3 aromatic carbocycles. The lowest BCUT2D eigenvalue weighted by Gasteiger charge is -2.19. The lowest BCUT2D eigenvalue weighted by molar-refractivity contribution is -0.134. The highest BCUT2D eigenvalue weighted by Crippen LogP contribution is 2.17. The molecule has 1 amide bonds. The Morgan fingerprint density at radius 1 is 0.854 bits per heavy atom. The number of benzene rings is 3. The number of carbonyl (C=O) groups excluding carboxylic acids is 1. The second-order valence-corrected chi connectivity index (χ2v) is 9.66. The predicted molar refractivity (Wildman–Crippen MR) is 159 cm³/mol. The molecule has 9 nitrogen and oxygen atoms in total. The van der Waals surface area contributed by atoms with Crippen LogP contribution in [-0.2, 0) is 27.5 Å². The third-order valence-electron chi connectivity index (χ3n) is 5.60. The van der Waals surface area contributed by atoms with Crippen LogP contribution < -0.4 is 15.4 Å². The van der Waals surface area contributed by atoms with Crippen LogP contribution in [0.3, 0.4) is 0 Å². The number of carboxylic acid groups (broad SMARTS) is 2. The lowest BCUT2D eigenvalue weighted by atomic mass is 10.1. The highest BCUT2D eigenvalue weighted by atomic mass is 35.5. The molecule has 0 saturated heterocycles. The van der Waals surface area contributed by atoms with Crippen LogP contribution in [0.4, 0.5) is 0 Å². The first-order valence-electron chi connectivity index (χ1n) is 12.9. The van der Waals surface area contributed by atoms with Crippen LogP contribution in [0.5, 0.6) is 5.75 Å². The van der Waals surface area contributed by atoms with Crippen molar-refractivity contribution in [1.29, 1.82) is 0 Å². The van der Waals surface area contributed by atoms with Gasteiger partial charge in [0.2, 0.25) is 5.91 Å². The van der Waals surface area contributed by atoms with E-state index in [0.29, 0.717) is 36.9 Å². The van der Waals surface area contributed by atoms with Crippen LogP contribution in [0.15, 0.2) is 91.0 Å². The summed E-state index contributed by atoms with van der Waals surface area (Å²) in [4.78, 5) is 34.3. The number of amides is 1. The Kier molecular flexibility index (Phi) is 14.7. The zero-order valence-electron chi connectivity index (χ0n) is 23.1. The van der Waals surface area contributed by atoms with E-state index in [4.69, 9.17) is 26.6 Å². The molecule has 10 heteroatoms. The van der Waals surface area contributed by atoms with Gasteiger partial charge in [0.1, 0.15) is 11.8 Å². The molecule has 41 heavy (non-hydrogen) atoms. The van der Waals surface area contributed by atoms with E-state index in [1.54, 1.807) is 0 Å². The van der Waals surface area contributed by atoms with Crippen molar-refractivity contribution >= 4 is 29.4 Å². The van der Waals surface area contributed by atoms with E-state index >= 15 is 0 Å². The molecule has 4 N–H and O–H groups in total. The molecule has 1 unspecified atom stereocenters. The van der Waals surface area contributed by atoms with Gasteiger partial charge in [-0.2, -0.15) is 0 Å². The molecule has 0 saturated carbocycles. The van der Waals surface area contributed by atoms with E-state index in [9.17, 15) is 14.4 Å². The van der Waals surface area contributed by atoms with Crippen molar-refractivity contribution in [2.75, 3.05) is 27.2 Å². The van der Waals surface area contributed by atoms with Crippen molar-refractivity contribution in [2.24, 2.45) is 0 Å². The van der Waals surface area contributed by atoms with Crippen molar-refractivity contribution in [3.63, 3.8) is 0 Å². The number of rotatable bonds is 14. The van der Waals surface area contributed by atoms with Gasteiger partial charge in [-0.25, -0.2) is 9.59 Å². The molecule has 0 aliphatic heterocycles. The standard InChI is InChI=1S/C27H32ClN3O2.C4H4O4/c1-31(2)17-6-18-33-25-15-11-22(12-16-25)19-29-26(23-7-4-3-5-8-23)27(32)30-20-21-9-13-24(28)14-10-21;5-3(6)1-2-4(7)8/h3-5,7-16,26,29H,6,17-20H2,1-2H3,(H,30,32);1-2H,(H,5,6)(H,7,8)/b;2-1+. The maximum atomic E-state index is 13.0. The van der Waals surface area contributed by atoms with Gasteiger partial charge in [-0.3, -0.25) is 10.1 Å². The second-order valence-electron chi connectivity index (χ2n) is 9.23. The Morgan fingerprint density at radius 2 is 1.41 bits per heavy atom. The highest BCUT2D eigenvalue weighted by molar-refractivity contribution is 6.30. The van der Waals surface area contributed by atoms with E-state index in [1.807, 2.05) is 78.9 Å². The van der Waals surface area contributed by atoms with Crippen molar-refractivity contribution < 1.29 is 29.3 Å². The second kappa shape index (κ2) is 18.2. The minimum Gasteiger partial charge on any atom is -0.494 e. The highest BCUT2D eigenvalue weighted by Gasteiger charge is 2.19. The van der Waals surface area contributed by atoms with Gasteiger partial charge in [0, 0.05) is 36.8 Å². The molecular weight excluding hydrogens is 546 g/mol. The van der Waals surface area contributed by atoms with Gasteiger partial charge in [-0.15, -0.1) is 0 Å². The number of nitrogens with zero attached hydrogens (tertiary/aromatic N) is 1. The normalized spacial score (nSPS) is 11.4. The van der Waals surface area contributed by atoms with E-state index in [0.717, 1.165) is 35.4 Å². The van der Waals surface area contributed by atoms with Crippen LogP contribution in [0.1, 0.15) is 29.2 Å². The van der Waals surface area contributed by atoms with Crippen LogP contribution in [0.25, 0.3) is 0 Å². The van der Waals surface area contributed by atoms with Gasteiger partial charge >= 0.3 is 11.9 Å². The summed E-state index contributed by atoms with van der Waals surface area (Å²) >= 11 is 5.95. The number of carbonyl (C=O) groups is 3. The third kappa shape index (κ3) is 14.1. The van der Waals surface area contributed by atoms with Crippen molar-refractivity contribution in [2.45, 2.75) is 25.6 Å². The topological polar surface area (TPSA) is 128 Å². The Hall–Kier alpha value is -4.18. The Bertz CT molecular complexity index is 1230. The number of halogens is 1. The van der Waals surface area contributed by atoms with Gasteiger partial charge in [-0.1, -0.05) is 66.2 Å². The zero-order valence-corrected chi connectivity index (χ0v) is 23.9. The van der Waals surface area contributed by atoms with Gasteiger partial charge in [0.15, 0.2) is 0 Å². The number of carboxylic acids is 2. The summed E-state index contributed by atoms with van der Waals surface area (Å²) < 4.78 is 5.81. The SMILES string of the molecule is CN(C)CCCOc1ccc(CNC(C(=O)NCc2ccc(Cl)cc2)c2ccccc2)cc1.O=C(O)/C=C/C(=O)O. The molecule has 0 heterocycles. The molecular formula is C31H36ClN3O6. The average Bonchev–Trinajstić information content (AvgIpc) is 2.95. The first kappa shape index (κ1) is 33.0. The summed E-state index contributed by atoms with van der Waals surface area (Å²) in [5, 5.41) is 22.7. The first-order valence-corrected chi connectivity index (χ1v) is 13.3. The number of aliphatic carboxylic acids is 2. The van der Waals surface area contributed by atoms with Crippen molar-refractivity contribution in [1.82, 2.24) is 15.5 Å². The lowest BCUT2D eigenvalue weighted by Crippen LogP contribution is -2.37. The summed E-state index contributed by atoms with van der Waals surface area (Å²) in [5.74, 6) is -1.73. The average molecular weight is 582 g/mol. The Labute approximate surface area is 245 Å². The minimum atomic E-state index is -1.26. The predicted octanol–water partition coefficient (Wildman–Crippen LogP) is 4.53. The fourth-order valence-corrected chi connectivity index (χ4v) is 3.66. The maximum absolute atomic E-state index is 13.0. The Balaban J connectivity index is 0.000000642. The number of nitrogens with one attached hydrogen (secondary N) is 2. The van der Waals surface area contributed by atoms with E-state index in [2.05, 4.69) is 29.6 Å². The van der Waals surface area contributed by atoms with E-state index in [-0.39, 0.29) is 5.91 Å². The van der Waals surface area contributed by atoms with Gasteiger partial charge in [0.05, 0.1) is 6.61 Å². The largest absolute Gasteiger partial charge is 0.494 e. The number of hydrogen-bond donors (Lipinski definition) is 4. The minimum absolute atomic E-state index is 0.0722. The zero-order chi connectivity index (χ0) is 30.0. The molecule has 0 fully saturated rings. The molecule has 0 spiro atoms. The van der Waals surface area contributed by atoms with Gasteiger partial charge in [0.25, 0.3) is 0 Å². The summed E-state index contributed by atoms with van der Waals surface area (Å²) in [6.45, 7) is 2.71. The van der Waals surface area contributed by atoms with Crippen LogP contribution in [0, 0.1) is 0 Å². The van der Waals surface area contributed by atoms with Gasteiger partial charge in [-0.05, 0) is 61.5 Å². The number of ether oxygens (including phenoxy) is 1. The molecule has 0 aliphatic rings. The maximum Gasteiger partial charge on any atom is 0.328 e. The van der Waals surface area contributed by atoms with Crippen LogP contribution >= 0.6 is 11.6 Å². The molecule has 0 radical (unpaired) electrons. The summed E-state index contributed by atoms with van der Waals surface area (Å²) in [5.41, 5.74) is 3.01. The van der Waals surface area contributed by atoms with Gasteiger partial charge < -0.3 is 25.2 Å². The fraction of sp³-hybridized carbons (Fsp3) is 0.258. The first-order chi connectivity index (χ1) is 19.6. The molecule has 1 atom stereocenters. The molecule has 0 bridgehead atoms. The molecule has 3 rings (SSSR count). The van der Waals surface area contributed by atoms with Crippen LogP contribution in [-0.4, -0.2) is 60.2 Å². The van der Waals surface area contributed by atoms with E-state index < -0.39 is 18.0 Å². The molecule has 218 valence electrons. The smallest absolute Gasteiger partial charge is 0.328 e. The quantitative estimate of drug-likeness (QED) is 0.161. The summed E-state index contributed by atoms with van der Waals surface area (Å²) in [6.07, 6.45) is 2.10. The van der Waals surface area contributed by atoms with Crippen LogP contribution in [0.2, 0.25) is 5.02 Å². The molecule has 3 aromatic rings. The Morgan fingerprint density at radius 3 is 1.98 bits per heavy atom. The van der Waals surface area contributed by atoms with Crippen molar-refractivity contribution in [3.05, 3.63) is 113 Å².